The first kappa shape index (κ1) is 18.9. The molecule has 150 valence electrons. The fourth-order valence-electron chi connectivity index (χ4n) is 3.63. The normalized spacial score (nSPS) is 21.1. The summed E-state index contributed by atoms with van der Waals surface area (Å²) in [7, 11) is 1.70. The first-order valence-electron chi connectivity index (χ1n) is 9.56. The highest BCUT2D eigenvalue weighted by Crippen LogP contribution is 2.31. The van der Waals surface area contributed by atoms with Crippen molar-refractivity contribution in [2.75, 3.05) is 25.1 Å². The Balaban J connectivity index is 1.64. The summed E-state index contributed by atoms with van der Waals surface area (Å²) in [5.41, 5.74) is 2.05. The Labute approximate surface area is 168 Å². The molecular formula is C21H23N5O3. The van der Waals surface area contributed by atoms with E-state index in [2.05, 4.69) is 27.6 Å². The average Bonchev–Trinajstić information content (AvgIpc) is 3.24. The van der Waals surface area contributed by atoms with E-state index in [1.54, 1.807) is 16.8 Å². The van der Waals surface area contributed by atoms with Gasteiger partial charge in [-0.2, -0.15) is 0 Å². The summed E-state index contributed by atoms with van der Waals surface area (Å²) in [6.45, 7) is 2.50. The van der Waals surface area contributed by atoms with E-state index in [0.717, 1.165) is 6.42 Å². The molecule has 0 fully saturated rings. The molecule has 0 spiro atoms. The fraction of sp³-hybridized carbons (Fsp3) is 0.333. The number of hydrogen-bond donors (Lipinski definition) is 1. The van der Waals surface area contributed by atoms with Gasteiger partial charge in [0, 0.05) is 13.6 Å². The highest BCUT2D eigenvalue weighted by molar-refractivity contribution is 6.02. The molecule has 8 heteroatoms. The van der Waals surface area contributed by atoms with E-state index in [-0.39, 0.29) is 30.0 Å². The quantitative estimate of drug-likeness (QED) is 0.860. The van der Waals surface area contributed by atoms with E-state index in [1.807, 2.05) is 37.3 Å². The van der Waals surface area contributed by atoms with Crippen LogP contribution < -0.4 is 9.64 Å². The zero-order valence-electron chi connectivity index (χ0n) is 16.4. The van der Waals surface area contributed by atoms with E-state index in [9.17, 15) is 9.59 Å². The number of nitrogens with one attached hydrogen (secondary N) is 1. The number of para-hydroxylation sites is 2. The number of aromatic nitrogens is 3. The lowest BCUT2D eigenvalue weighted by molar-refractivity contribution is -0.123. The van der Waals surface area contributed by atoms with Crippen LogP contribution in [0.3, 0.4) is 0 Å². The maximum atomic E-state index is 13.3. The first-order chi connectivity index (χ1) is 14.0. The van der Waals surface area contributed by atoms with Crippen molar-refractivity contribution in [3.8, 4) is 5.75 Å². The van der Waals surface area contributed by atoms with Crippen LogP contribution in [-0.2, 0) is 4.79 Å². The van der Waals surface area contributed by atoms with Gasteiger partial charge < -0.3 is 14.5 Å². The summed E-state index contributed by atoms with van der Waals surface area (Å²) in [6, 6.07) is 6.60. The number of anilines is 1. The monoisotopic (exact) mass is 393 g/mol. The summed E-state index contributed by atoms with van der Waals surface area (Å²) in [5.74, 6) is 0.187. The number of benzene rings is 1. The van der Waals surface area contributed by atoms with Gasteiger partial charge in [0.2, 0.25) is 0 Å². The molecule has 2 aliphatic rings. The number of aromatic amines is 1. The largest absolute Gasteiger partial charge is 0.489 e. The Morgan fingerprint density at radius 3 is 2.93 bits per heavy atom. The molecule has 1 unspecified atom stereocenters. The third kappa shape index (κ3) is 3.78. The lowest BCUT2D eigenvalue weighted by atomic mass is 9.96. The summed E-state index contributed by atoms with van der Waals surface area (Å²) in [5, 5.41) is 10.1. The van der Waals surface area contributed by atoms with Gasteiger partial charge in [0.15, 0.2) is 5.69 Å². The van der Waals surface area contributed by atoms with Crippen molar-refractivity contribution in [1.82, 2.24) is 20.3 Å². The van der Waals surface area contributed by atoms with E-state index in [4.69, 9.17) is 4.74 Å². The molecule has 2 amide bonds. The number of H-pyrrole nitrogens is 1. The smallest absolute Gasteiger partial charge is 0.276 e. The van der Waals surface area contributed by atoms with Crippen LogP contribution in [0.2, 0.25) is 0 Å². The molecule has 2 atom stereocenters. The summed E-state index contributed by atoms with van der Waals surface area (Å²) in [4.78, 5) is 29.6. The van der Waals surface area contributed by atoms with Gasteiger partial charge >= 0.3 is 0 Å². The molecule has 4 rings (SSSR count). The molecule has 0 bridgehead atoms. The van der Waals surface area contributed by atoms with Crippen molar-refractivity contribution < 1.29 is 14.3 Å². The number of carbonyl (C=O) groups excluding carboxylic acids is 2. The SMILES string of the molecule is CC1=CCC(CN(C(=O)c2c[nH]nn2)[C@H]2COc3ccccc3N(C)C2=O)C=C1. The van der Waals surface area contributed by atoms with Crippen LogP contribution in [0, 0.1) is 5.92 Å². The summed E-state index contributed by atoms with van der Waals surface area (Å²) < 4.78 is 5.93. The third-order valence-corrected chi connectivity index (χ3v) is 5.32. The van der Waals surface area contributed by atoms with Gasteiger partial charge in [0.05, 0.1) is 11.9 Å². The molecule has 0 radical (unpaired) electrons. The van der Waals surface area contributed by atoms with Gasteiger partial charge in [0.1, 0.15) is 18.4 Å². The van der Waals surface area contributed by atoms with Gasteiger partial charge in [-0.1, -0.05) is 41.1 Å². The second-order valence-corrected chi connectivity index (χ2v) is 7.31. The fourth-order valence-corrected chi connectivity index (χ4v) is 3.63. The van der Waals surface area contributed by atoms with Gasteiger partial charge in [-0.15, -0.1) is 5.10 Å². The van der Waals surface area contributed by atoms with Crippen molar-refractivity contribution in [3.63, 3.8) is 0 Å². The zero-order valence-corrected chi connectivity index (χ0v) is 16.4. The highest BCUT2D eigenvalue weighted by Gasteiger charge is 2.38. The predicted octanol–water partition coefficient (Wildman–Crippen LogP) is 2.19. The van der Waals surface area contributed by atoms with Gasteiger partial charge in [0.25, 0.3) is 11.8 Å². The van der Waals surface area contributed by atoms with Crippen LogP contribution in [0.1, 0.15) is 23.8 Å². The van der Waals surface area contributed by atoms with Crippen molar-refractivity contribution in [1.29, 1.82) is 0 Å². The van der Waals surface area contributed by atoms with Crippen molar-refractivity contribution >= 4 is 17.5 Å². The molecule has 8 nitrogen and oxygen atoms in total. The molecule has 2 heterocycles. The van der Waals surface area contributed by atoms with Crippen LogP contribution in [0.5, 0.6) is 5.75 Å². The number of amides is 2. The van der Waals surface area contributed by atoms with Crippen LogP contribution in [0.25, 0.3) is 0 Å². The minimum absolute atomic E-state index is 0.0785. The third-order valence-electron chi connectivity index (χ3n) is 5.32. The Bertz CT molecular complexity index is 966. The number of allylic oxidation sites excluding steroid dienone is 3. The molecular weight excluding hydrogens is 370 g/mol. The van der Waals surface area contributed by atoms with Gasteiger partial charge in [-0.25, -0.2) is 0 Å². The van der Waals surface area contributed by atoms with Gasteiger partial charge in [-0.3, -0.25) is 14.7 Å². The maximum Gasteiger partial charge on any atom is 0.276 e. The Hall–Kier alpha value is -3.42. The second kappa shape index (κ2) is 7.90. The van der Waals surface area contributed by atoms with E-state index in [1.165, 1.54) is 11.8 Å². The van der Waals surface area contributed by atoms with Crippen LogP contribution in [-0.4, -0.2) is 58.4 Å². The maximum absolute atomic E-state index is 13.3. The molecule has 0 saturated carbocycles. The molecule has 1 N–H and O–H groups in total. The predicted molar refractivity (Wildman–Crippen MR) is 108 cm³/mol. The highest BCUT2D eigenvalue weighted by atomic mass is 16.5. The molecule has 1 aromatic heterocycles. The van der Waals surface area contributed by atoms with E-state index >= 15 is 0 Å². The van der Waals surface area contributed by atoms with Crippen molar-refractivity contribution in [2.45, 2.75) is 19.4 Å². The van der Waals surface area contributed by atoms with Crippen molar-refractivity contribution in [3.05, 3.63) is 60.0 Å². The Morgan fingerprint density at radius 1 is 1.38 bits per heavy atom. The van der Waals surface area contributed by atoms with Crippen LogP contribution in [0.15, 0.2) is 54.3 Å². The van der Waals surface area contributed by atoms with Crippen LogP contribution >= 0.6 is 0 Å². The standard InChI is InChI=1S/C21H23N5O3/c1-14-7-9-15(10-8-14)12-26(20(27)16-11-22-24-23-16)18-13-29-19-6-4-3-5-17(19)25(2)21(18)28/h3-9,11,15,18H,10,12-13H2,1-2H3,(H,22,23,24)/t15?,18-/m0/s1. The summed E-state index contributed by atoms with van der Waals surface area (Å²) >= 11 is 0. The second-order valence-electron chi connectivity index (χ2n) is 7.31. The minimum Gasteiger partial charge on any atom is -0.489 e. The molecule has 0 saturated heterocycles. The molecule has 2 aromatic rings. The molecule has 1 aliphatic carbocycles. The van der Waals surface area contributed by atoms with Gasteiger partial charge in [-0.05, 0) is 31.4 Å². The van der Waals surface area contributed by atoms with E-state index in [0.29, 0.717) is 18.0 Å². The lowest BCUT2D eigenvalue weighted by Gasteiger charge is -2.33. The number of fused-ring (bicyclic) bond motifs is 1. The number of ether oxygens (including phenoxy) is 1. The molecule has 1 aromatic carbocycles. The van der Waals surface area contributed by atoms with Crippen molar-refractivity contribution in [2.24, 2.45) is 5.92 Å². The Kier molecular flexibility index (Phi) is 5.16. The Morgan fingerprint density at radius 2 is 2.21 bits per heavy atom. The number of rotatable bonds is 4. The van der Waals surface area contributed by atoms with E-state index < -0.39 is 6.04 Å². The molecule has 1 aliphatic heterocycles. The average molecular weight is 393 g/mol. The number of hydrogen-bond acceptors (Lipinski definition) is 5. The number of carbonyl (C=O) groups is 2. The number of likely N-dealkylation sites (N-methyl/N-ethyl adjacent to an activating group) is 1. The minimum atomic E-state index is -0.767. The van der Waals surface area contributed by atoms with Crippen LogP contribution in [0.4, 0.5) is 5.69 Å². The lowest BCUT2D eigenvalue weighted by Crippen LogP contribution is -2.53. The summed E-state index contributed by atoms with van der Waals surface area (Å²) in [6.07, 6.45) is 8.51. The number of nitrogens with zero attached hydrogens (tertiary/aromatic N) is 4. The first-order valence-corrected chi connectivity index (χ1v) is 9.56. The molecule has 29 heavy (non-hydrogen) atoms. The topological polar surface area (TPSA) is 91.4 Å². The zero-order chi connectivity index (χ0) is 20.4.